The van der Waals surface area contributed by atoms with Crippen molar-refractivity contribution in [3.63, 3.8) is 0 Å². The van der Waals surface area contributed by atoms with Crippen molar-refractivity contribution < 1.29 is 22.8 Å². The predicted molar refractivity (Wildman–Crippen MR) is 85.4 cm³/mol. The zero-order chi connectivity index (χ0) is 18.2. The van der Waals surface area contributed by atoms with Gasteiger partial charge in [-0.2, -0.15) is 13.2 Å². The number of nitrogens with zero attached hydrogens (tertiary/aromatic N) is 1. The van der Waals surface area contributed by atoms with Crippen molar-refractivity contribution in [1.82, 2.24) is 10.2 Å². The van der Waals surface area contributed by atoms with Crippen molar-refractivity contribution >= 4 is 17.5 Å². The van der Waals surface area contributed by atoms with Crippen molar-refractivity contribution in [2.75, 3.05) is 18.8 Å². The highest BCUT2D eigenvalue weighted by atomic mass is 19.4. The number of amides is 2. The van der Waals surface area contributed by atoms with Gasteiger partial charge < -0.3 is 16.0 Å². The number of hydrogen-bond donors (Lipinski definition) is 2. The Labute approximate surface area is 143 Å². The van der Waals surface area contributed by atoms with Crippen molar-refractivity contribution in [3.8, 4) is 0 Å². The van der Waals surface area contributed by atoms with E-state index in [2.05, 4.69) is 5.32 Å². The number of likely N-dealkylation sites (tertiary alicyclic amines) is 1. The van der Waals surface area contributed by atoms with Crippen LogP contribution in [0.15, 0.2) is 18.2 Å². The molecule has 1 saturated heterocycles. The van der Waals surface area contributed by atoms with Crippen LogP contribution in [0.3, 0.4) is 0 Å². The van der Waals surface area contributed by atoms with E-state index in [1.165, 1.54) is 0 Å². The lowest BCUT2D eigenvalue weighted by molar-refractivity contribution is -0.157. The first-order valence-electron chi connectivity index (χ1n) is 8.26. The van der Waals surface area contributed by atoms with Crippen LogP contribution in [0.5, 0.6) is 0 Å². The van der Waals surface area contributed by atoms with Crippen LogP contribution in [0.2, 0.25) is 0 Å². The number of nitrogens with one attached hydrogen (secondary N) is 1. The number of anilines is 1. The Morgan fingerprint density at radius 1 is 1.36 bits per heavy atom. The van der Waals surface area contributed by atoms with E-state index in [1.807, 2.05) is 12.1 Å². The lowest BCUT2D eigenvalue weighted by atomic mass is 9.87. The first-order chi connectivity index (χ1) is 11.7. The van der Waals surface area contributed by atoms with Crippen LogP contribution < -0.4 is 11.1 Å². The molecule has 2 atom stereocenters. The third-order valence-electron chi connectivity index (χ3n) is 4.75. The number of aryl methyl sites for hydroxylation is 1. The minimum absolute atomic E-state index is 0.177. The Kier molecular flexibility index (Phi) is 4.62. The summed E-state index contributed by atoms with van der Waals surface area (Å²) in [6, 6.07) is 5.35. The predicted octanol–water partition coefficient (Wildman–Crippen LogP) is 2.17. The summed E-state index contributed by atoms with van der Waals surface area (Å²) in [5, 5.41) is 2.90. The first-order valence-corrected chi connectivity index (χ1v) is 8.26. The van der Waals surface area contributed by atoms with Gasteiger partial charge in [-0.3, -0.25) is 9.59 Å². The molecule has 136 valence electrons. The van der Waals surface area contributed by atoms with Gasteiger partial charge in [-0.05, 0) is 42.5 Å². The molecule has 1 fully saturated rings. The van der Waals surface area contributed by atoms with Crippen molar-refractivity contribution in [1.29, 1.82) is 0 Å². The van der Waals surface area contributed by atoms with Crippen LogP contribution in [0.1, 0.15) is 36.4 Å². The molecule has 25 heavy (non-hydrogen) atoms. The molecule has 0 spiro atoms. The number of nitrogen functional groups attached to an aromatic ring is 1. The van der Waals surface area contributed by atoms with E-state index in [0.717, 1.165) is 30.4 Å². The Balaban J connectivity index is 1.65. The zero-order valence-corrected chi connectivity index (χ0v) is 13.6. The molecular weight excluding hydrogens is 335 g/mol. The van der Waals surface area contributed by atoms with Gasteiger partial charge in [0.15, 0.2) is 0 Å². The largest absolute Gasteiger partial charge is 0.406 e. The molecule has 1 aliphatic heterocycles. The maximum absolute atomic E-state index is 12.5. The molecule has 0 saturated carbocycles. The number of benzene rings is 1. The van der Waals surface area contributed by atoms with E-state index in [1.54, 1.807) is 6.07 Å². The molecule has 2 unspecified atom stereocenters. The minimum Gasteiger partial charge on any atom is -0.399 e. The van der Waals surface area contributed by atoms with E-state index in [-0.39, 0.29) is 24.9 Å². The number of fused-ring (bicyclic) bond motifs is 1. The van der Waals surface area contributed by atoms with Gasteiger partial charge in [0.05, 0.1) is 12.0 Å². The molecule has 8 heteroatoms. The molecule has 0 aromatic heterocycles. The zero-order valence-electron chi connectivity index (χ0n) is 13.6. The topological polar surface area (TPSA) is 75.4 Å². The summed E-state index contributed by atoms with van der Waals surface area (Å²) >= 11 is 0. The average Bonchev–Trinajstić information content (AvgIpc) is 2.86. The lowest BCUT2D eigenvalue weighted by Crippen LogP contribution is -2.38. The summed E-state index contributed by atoms with van der Waals surface area (Å²) in [4.78, 5) is 24.9. The maximum atomic E-state index is 12.5. The van der Waals surface area contributed by atoms with Crippen LogP contribution >= 0.6 is 0 Å². The summed E-state index contributed by atoms with van der Waals surface area (Å²) < 4.78 is 37.4. The summed E-state index contributed by atoms with van der Waals surface area (Å²) in [6.45, 7) is -1.49. The van der Waals surface area contributed by atoms with Gasteiger partial charge in [0.25, 0.3) is 0 Å². The fourth-order valence-corrected chi connectivity index (χ4v) is 3.59. The van der Waals surface area contributed by atoms with Gasteiger partial charge in [-0.15, -0.1) is 0 Å². The van der Waals surface area contributed by atoms with E-state index in [9.17, 15) is 22.8 Å². The SMILES string of the molecule is Nc1ccc2c(c1)CCCC2NC(=O)C1CC(=O)N(CC(F)(F)F)C1. The van der Waals surface area contributed by atoms with Gasteiger partial charge in [-0.25, -0.2) is 0 Å². The van der Waals surface area contributed by atoms with Crippen LogP contribution in [-0.2, 0) is 16.0 Å². The Morgan fingerprint density at radius 3 is 2.84 bits per heavy atom. The Morgan fingerprint density at radius 2 is 2.12 bits per heavy atom. The summed E-state index contributed by atoms with van der Waals surface area (Å²) in [5.74, 6) is -1.74. The number of alkyl halides is 3. The van der Waals surface area contributed by atoms with E-state index in [4.69, 9.17) is 5.73 Å². The molecule has 1 heterocycles. The van der Waals surface area contributed by atoms with Gasteiger partial charge in [0.1, 0.15) is 6.54 Å². The smallest absolute Gasteiger partial charge is 0.399 e. The summed E-state index contributed by atoms with van der Waals surface area (Å²) in [5.41, 5.74) is 8.52. The monoisotopic (exact) mass is 355 g/mol. The molecule has 1 aromatic rings. The second-order valence-corrected chi connectivity index (χ2v) is 6.70. The molecule has 0 radical (unpaired) electrons. The normalized spacial score (nSPS) is 23.5. The molecule has 3 rings (SSSR count). The van der Waals surface area contributed by atoms with Gasteiger partial charge in [0, 0.05) is 18.7 Å². The molecule has 1 aromatic carbocycles. The van der Waals surface area contributed by atoms with Gasteiger partial charge in [0.2, 0.25) is 11.8 Å². The molecule has 2 amide bonds. The molecule has 1 aliphatic carbocycles. The highest BCUT2D eigenvalue weighted by molar-refractivity contribution is 5.89. The Hall–Kier alpha value is -2.25. The fourth-order valence-electron chi connectivity index (χ4n) is 3.59. The van der Waals surface area contributed by atoms with Crippen LogP contribution in [0.25, 0.3) is 0 Å². The van der Waals surface area contributed by atoms with Crippen molar-refractivity contribution in [2.45, 2.75) is 37.9 Å². The molecular formula is C17H20F3N3O2. The lowest BCUT2D eigenvalue weighted by Gasteiger charge is -2.27. The van der Waals surface area contributed by atoms with Gasteiger partial charge in [-0.1, -0.05) is 6.07 Å². The highest BCUT2D eigenvalue weighted by Crippen LogP contribution is 2.32. The number of halogens is 3. The van der Waals surface area contributed by atoms with E-state index in [0.29, 0.717) is 10.6 Å². The number of carbonyl (C=O) groups excluding carboxylic acids is 2. The van der Waals surface area contributed by atoms with E-state index >= 15 is 0 Å². The molecule has 2 aliphatic rings. The minimum atomic E-state index is -4.46. The van der Waals surface area contributed by atoms with Crippen molar-refractivity contribution in [2.24, 2.45) is 5.92 Å². The van der Waals surface area contributed by atoms with Gasteiger partial charge >= 0.3 is 6.18 Å². The standard InChI is InChI=1S/C17H20F3N3O2/c18-17(19,20)9-23-8-11(7-15(23)24)16(25)22-14-3-1-2-10-6-12(21)4-5-13(10)14/h4-6,11,14H,1-3,7-9,21H2,(H,22,25). The average molecular weight is 355 g/mol. The van der Waals surface area contributed by atoms with Crippen molar-refractivity contribution in [3.05, 3.63) is 29.3 Å². The molecule has 0 bridgehead atoms. The number of hydrogen-bond acceptors (Lipinski definition) is 3. The number of carbonyl (C=O) groups is 2. The number of rotatable bonds is 3. The van der Waals surface area contributed by atoms with Crippen LogP contribution in [0.4, 0.5) is 18.9 Å². The quantitative estimate of drug-likeness (QED) is 0.816. The Bertz CT molecular complexity index is 690. The second-order valence-electron chi connectivity index (χ2n) is 6.70. The second kappa shape index (κ2) is 6.57. The first kappa shape index (κ1) is 17.6. The maximum Gasteiger partial charge on any atom is 0.406 e. The summed E-state index contributed by atoms with van der Waals surface area (Å²) in [6.07, 6.45) is -2.10. The third-order valence-corrected chi connectivity index (χ3v) is 4.75. The summed E-state index contributed by atoms with van der Waals surface area (Å²) in [7, 11) is 0. The van der Waals surface area contributed by atoms with E-state index < -0.39 is 24.5 Å². The van der Waals surface area contributed by atoms with Crippen LogP contribution in [-0.4, -0.2) is 36.0 Å². The van der Waals surface area contributed by atoms with Crippen LogP contribution in [0, 0.1) is 5.92 Å². The highest BCUT2D eigenvalue weighted by Gasteiger charge is 2.41. The molecule has 5 nitrogen and oxygen atoms in total. The third kappa shape index (κ3) is 4.05. The fraction of sp³-hybridized carbons (Fsp3) is 0.529. The molecule has 3 N–H and O–H groups in total. The number of nitrogens with two attached hydrogens (primary N) is 1.